The Bertz CT molecular complexity index is 3540. The first-order valence-electron chi connectivity index (χ1n) is 32.3. The number of rotatable bonds is 24. The molecule has 10 heteroatoms. The molecule has 0 atom stereocenters. The van der Waals surface area contributed by atoms with Crippen molar-refractivity contribution in [2.45, 2.75) is 79.4 Å². The standard InChI is InChI=1S/C80H84N6O4/c1-9-81(10-2)71-29-21-17-25-65(71)55-33-41-59(42-34-55)85(60-43-35-56(36-44-60)66-26-18-22-30-72(66)82(11-3)12-4)63-49-51-69(75(87)53-63)77-79(89)78(80(77)90)70-52-50-64(54-76(70)88)86(61-45-37-57(38-46-61)67-27-19-23-31-73(67)83(13-5)14-6)62-47-39-58(40-48-62)68-28-20-24-32-74(68)84(15-7)16-8/h17-54,77-80,87-88H,9-16H2,1-8H3/q-2. The predicted molar refractivity (Wildman–Crippen MR) is 375 cm³/mol. The Hall–Kier alpha value is -9.48. The van der Waals surface area contributed by atoms with Gasteiger partial charge in [0.05, 0.1) is 0 Å². The van der Waals surface area contributed by atoms with Crippen LogP contribution in [0.15, 0.2) is 231 Å². The number of anilines is 10. The van der Waals surface area contributed by atoms with E-state index in [-0.39, 0.29) is 11.5 Å². The third-order valence-corrected chi connectivity index (χ3v) is 18.5. The van der Waals surface area contributed by atoms with E-state index in [4.69, 9.17) is 0 Å². The fraction of sp³-hybridized carbons (Fsp3) is 0.250. The Kier molecular flexibility index (Phi) is 19.3. The van der Waals surface area contributed by atoms with Crippen LogP contribution in [0.5, 0.6) is 11.5 Å². The second-order valence-corrected chi connectivity index (χ2v) is 23.1. The molecule has 0 aromatic heterocycles. The van der Waals surface area contributed by atoms with Gasteiger partial charge in [0.2, 0.25) is 0 Å². The SMILES string of the molecule is CCN(CC)c1ccccc1-c1ccc(N(c2ccc(-c3ccccc3N(CC)CC)cc2)c2ccc(C3C([O-])C(c4ccc(N(c5ccc(-c6ccccc6N(CC)CC)cc5)c5ccc(-c6ccccc6N(CC)CC)cc5)cc4O)C3[O-])c(O)c2)cc1. The van der Waals surface area contributed by atoms with Crippen molar-refractivity contribution in [3.63, 3.8) is 0 Å². The largest absolute Gasteiger partial charge is 0.851 e. The van der Waals surface area contributed by atoms with Gasteiger partial charge >= 0.3 is 0 Å². The monoisotopic (exact) mass is 1190 g/mol. The van der Waals surface area contributed by atoms with E-state index < -0.39 is 24.0 Å². The van der Waals surface area contributed by atoms with E-state index in [9.17, 15) is 20.4 Å². The normalized spacial score (nSPS) is 15.2. The quantitative estimate of drug-likeness (QED) is 0.0608. The smallest absolute Gasteiger partial charge is 0.121 e. The molecular weight excluding hydrogens is 1110 g/mol. The summed E-state index contributed by atoms with van der Waals surface area (Å²) in [5.41, 5.74) is 19.0. The molecule has 460 valence electrons. The fourth-order valence-electron chi connectivity index (χ4n) is 13.6. The molecule has 1 saturated carbocycles. The maximum Gasteiger partial charge on any atom is 0.121 e. The lowest BCUT2D eigenvalue weighted by atomic mass is 9.63. The van der Waals surface area contributed by atoms with Crippen LogP contribution in [-0.2, 0) is 0 Å². The second kappa shape index (κ2) is 27.9. The van der Waals surface area contributed by atoms with Gasteiger partial charge in [0.15, 0.2) is 0 Å². The number of phenolic OH excluding ortho intramolecular Hbond substituents is 2. The van der Waals surface area contributed by atoms with Crippen molar-refractivity contribution >= 4 is 56.9 Å². The van der Waals surface area contributed by atoms with E-state index in [2.05, 4.69) is 279 Å². The average Bonchev–Trinajstić information content (AvgIpc) is 2.28. The molecular formula is C80H84N6O4-2. The summed E-state index contributed by atoms with van der Waals surface area (Å²) in [5, 5.41) is 53.5. The van der Waals surface area contributed by atoms with E-state index in [1.807, 2.05) is 12.1 Å². The number of hydrogen-bond acceptors (Lipinski definition) is 10. The molecule has 0 aliphatic heterocycles. The summed E-state index contributed by atoms with van der Waals surface area (Å²) in [7, 11) is 0. The van der Waals surface area contributed by atoms with Crippen LogP contribution in [-0.4, -0.2) is 74.8 Å². The molecule has 1 fully saturated rings. The van der Waals surface area contributed by atoms with Crippen LogP contribution >= 0.6 is 0 Å². The molecule has 2 N–H and O–H groups in total. The summed E-state index contributed by atoms with van der Waals surface area (Å²) in [6.07, 6.45) is -2.85. The summed E-state index contributed by atoms with van der Waals surface area (Å²) >= 11 is 0. The third-order valence-electron chi connectivity index (χ3n) is 18.5. The van der Waals surface area contributed by atoms with E-state index in [1.165, 1.54) is 22.7 Å². The van der Waals surface area contributed by atoms with Gasteiger partial charge in [-0.15, -0.1) is 12.2 Å². The van der Waals surface area contributed by atoms with Gasteiger partial charge in [-0.2, -0.15) is 0 Å². The van der Waals surface area contributed by atoms with Crippen LogP contribution in [0, 0.1) is 0 Å². The highest BCUT2D eigenvalue weighted by Gasteiger charge is 2.41. The van der Waals surface area contributed by atoms with Gasteiger partial charge in [-0.3, -0.25) is 0 Å². The zero-order valence-corrected chi connectivity index (χ0v) is 53.3. The van der Waals surface area contributed by atoms with E-state index in [1.54, 1.807) is 24.3 Å². The van der Waals surface area contributed by atoms with Gasteiger partial charge in [0, 0.05) is 144 Å². The Morgan fingerprint density at radius 3 is 0.700 bits per heavy atom. The van der Waals surface area contributed by atoms with Crippen molar-refractivity contribution in [1.29, 1.82) is 0 Å². The average molecular weight is 1190 g/mol. The highest BCUT2D eigenvalue weighted by atomic mass is 16.3. The zero-order chi connectivity index (χ0) is 63.0. The molecule has 10 nitrogen and oxygen atoms in total. The number of nitrogens with zero attached hydrogens (tertiary/aromatic N) is 6. The minimum Gasteiger partial charge on any atom is -0.851 e. The lowest BCUT2D eigenvalue weighted by molar-refractivity contribution is -0.536. The number of benzene rings is 10. The first-order chi connectivity index (χ1) is 44.0. The lowest BCUT2D eigenvalue weighted by Gasteiger charge is -2.61. The van der Waals surface area contributed by atoms with E-state index in [0.717, 1.165) is 120 Å². The van der Waals surface area contributed by atoms with Crippen molar-refractivity contribution < 1.29 is 20.4 Å². The molecule has 0 unspecified atom stereocenters. The van der Waals surface area contributed by atoms with Crippen LogP contribution in [0.2, 0.25) is 0 Å². The van der Waals surface area contributed by atoms with Crippen molar-refractivity contribution in [2.24, 2.45) is 0 Å². The van der Waals surface area contributed by atoms with Crippen LogP contribution < -0.4 is 39.6 Å². The van der Waals surface area contributed by atoms with Crippen LogP contribution in [0.3, 0.4) is 0 Å². The van der Waals surface area contributed by atoms with Crippen molar-refractivity contribution in [2.75, 3.05) is 81.8 Å². The van der Waals surface area contributed by atoms with Gasteiger partial charge in [-0.05, 0) is 186 Å². The van der Waals surface area contributed by atoms with Crippen LogP contribution in [0.4, 0.5) is 56.9 Å². The minimum atomic E-state index is -1.43. The molecule has 0 saturated heterocycles. The first kappa shape index (κ1) is 62.1. The first-order valence-corrected chi connectivity index (χ1v) is 32.3. The number of aromatic hydroxyl groups is 2. The molecule has 10 aromatic rings. The molecule has 0 spiro atoms. The molecule has 90 heavy (non-hydrogen) atoms. The zero-order valence-electron chi connectivity index (χ0n) is 53.3. The van der Waals surface area contributed by atoms with E-state index in [0.29, 0.717) is 22.5 Å². The summed E-state index contributed by atoms with van der Waals surface area (Å²) in [4.78, 5) is 13.6. The Balaban J connectivity index is 0.904. The number of phenols is 2. The van der Waals surface area contributed by atoms with Gasteiger partial charge < -0.3 is 49.8 Å². The van der Waals surface area contributed by atoms with E-state index >= 15 is 0 Å². The molecule has 0 radical (unpaired) electrons. The topological polar surface area (TPSA) is 106 Å². The molecule has 1 aliphatic rings. The summed E-state index contributed by atoms with van der Waals surface area (Å²) in [5.74, 6) is -2.34. The van der Waals surface area contributed by atoms with Crippen LogP contribution in [0.1, 0.15) is 78.4 Å². The maximum atomic E-state index is 14.6. The minimum absolute atomic E-state index is 0.127. The molecule has 11 rings (SSSR count). The molecule has 0 heterocycles. The second-order valence-electron chi connectivity index (χ2n) is 23.1. The molecule has 10 aromatic carbocycles. The van der Waals surface area contributed by atoms with Crippen molar-refractivity contribution in [3.8, 4) is 56.0 Å². The third kappa shape index (κ3) is 12.2. The van der Waals surface area contributed by atoms with Crippen molar-refractivity contribution in [3.05, 3.63) is 242 Å². The number of hydrogen-bond donors (Lipinski definition) is 2. The Morgan fingerprint density at radius 2 is 0.489 bits per heavy atom. The van der Waals surface area contributed by atoms with Gasteiger partial charge in [-0.1, -0.05) is 133 Å². The molecule has 1 aliphatic carbocycles. The van der Waals surface area contributed by atoms with Gasteiger partial charge in [-0.25, -0.2) is 0 Å². The summed E-state index contributed by atoms with van der Waals surface area (Å²) in [6, 6.07) is 78.5. The highest BCUT2D eigenvalue weighted by Crippen LogP contribution is 2.52. The molecule has 0 bridgehead atoms. The predicted octanol–water partition coefficient (Wildman–Crippen LogP) is 17.4. The Labute approximate surface area is 533 Å². The highest BCUT2D eigenvalue weighted by molar-refractivity contribution is 5.87. The van der Waals surface area contributed by atoms with Gasteiger partial charge in [0.25, 0.3) is 0 Å². The maximum absolute atomic E-state index is 14.6. The number of para-hydroxylation sites is 4. The van der Waals surface area contributed by atoms with Crippen molar-refractivity contribution in [1.82, 2.24) is 0 Å². The lowest BCUT2D eigenvalue weighted by Crippen LogP contribution is -2.63. The molecule has 0 amide bonds. The Morgan fingerprint density at radius 1 is 0.278 bits per heavy atom. The summed E-state index contributed by atoms with van der Waals surface area (Å²) < 4.78 is 0. The van der Waals surface area contributed by atoms with Crippen LogP contribution in [0.25, 0.3) is 44.5 Å². The van der Waals surface area contributed by atoms with Gasteiger partial charge in [0.1, 0.15) is 11.5 Å². The summed E-state index contributed by atoms with van der Waals surface area (Å²) in [6.45, 7) is 24.5. The fourth-order valence-corrected chi connectivity index (χ4v) is 13.6.